The highest BCUT2D eigenvalue weighted by Gasteiger charge is 2.36. The molecule has 0 atom stereocenters. The largest absolute Gasteiger partial charge is 0.417 e. The lowest BCUT2D eigenvalue weighted by atomic mass is 10.1. The van der Waals surface area contributed by atoms with Crippen LogP contribution in [0.1, 0.15) is 5.56 Å². The third-order valence-corrected chi connectivity index (χ3v) is 7.04. The van der Waals surface area contributed by atoms with Crippen LogP contribution in [0.5, 0.6) is 0 Å². The predicted octanol–water partition coefficient (Wildman–Crippen LogP) is 6.47. The molecule has 0 radical (unpaired) electrons. The molecule has 1 saturated heterocycles. The summed E-state index contributed by atoms with van der Waals surface area (Å²) in [5.74, 6) is 0.509. The lowest BCUT2D eigenvalue weighted by Crippen LogP contribution is -2.47. The fourth-order valence-corrected chi connectivity index (χ4v) is 5.12. The summed E-state index contributed by atoms with van der Waals surface area (Å²) in [6.07, 6.45) is -4.75. The molecule has 0 unspecified atom stereocenters. The number of hydrogen-bond acceptors (Lipinski definition) is 5. The van der Waals surface area contributed by atoms with Gasteiger partial charge < -0.3 is 15.1 Å². The van der Waals surface area contributed by atoms with E-state index < -0.39 is 22.6 Å². The molecule has 3 heterocycles. The average molecular weight is 542 g/mol. The summed E-state index contributed by atoms with van der Waals surface area (Å²) in [6.45, 7) is 2.24. The summed E-state index contributed by atoms with van der Waals surface area (Å²) in [5.41, 5.74) is 0.555. The summed E-state index contributed by atoms with van der Waals surface area (Å²) >= 11 is 0. The standard InChI is InChI=1S/C31H26F3N5O/c32-31(33,34)25-20-27(38-18-16-37(17-19-38)23-12-6-2-7-13-23)36-30-29(25)26(40)21-28(35-22-10-4-1-5-11-22)39(30)24-14-8-3-9-15-24/h1-15,20-21,35H,16-19H2. The molecule has 0 spiro atoms. The first-order valence-corrected chi connectivity index (χ1v) is 13.0. The van der Waals surface area contributed by atoms with Crippen LogP contribution >= 0.6 is 0 Å². The molecule has 40 heavy (non-hydrogen) atoms. The zero-order chi connectivity index (χ0) is 27.7. The van der Waals surface area contributed by atoms with Crippen molar-refractivity contribution >= 4 is 34.0 Å². The first-order valence-electron chi connectivity index (χ1n) is 13.0. The molecule has 6 nitrogen and oxygen atoms in total. The summed E-state index contributed by atoms with van der Waals surface area (Å²) in [4.78, 5) is 22.1. The van der Waals surface area contributed by atoms with Gasteiger partial charge in [0.1, 0.15) is 11.6 Å². The predicted molar refractivity (Wildman–Crippen MR) is 153 cm³/mol. The number of nitrogens with zero attached hydrogens (tertiary/aromatic N) is 4. The summed E-state index contributed by atoms with van der Waals surface area (Å²) in [6, 6.07) is 30.3. The Morgan fingerprint density at radius 3 is 1.85 bits per heavy atom. The van der Waals surface area contributed by atoms with Gasteiger partial charge in [0, 0.05) is 49.3 Å². The van der Waals surface area contributed by atoms with Crippen LogP contribution in [0, 0.1) is 0 Å². The Kier molecular flexibility index (Phi) is 6.63. The fraction of sp³-hybridized carbons (Fsp3) is 0.161. The van der Waals surface area contributed by atoms with E-state index >= 15 is 0 Å². The van der Waals surface area contributed by atoms with E-state index in [2.05, 4.69) is 10.2 Å². The van der Waals surface area contributed by atoms with Crippen molar-refractivity contribution in [3.8, 4) is 5.69 Å². The van der Waals surface area contributed by atoms with Crippen LogP contribution in [-0.2, 0) is 6.18 Å². The highest BCUT2D eigenvalue weighted by atomic mass is 19.4. The maximum atomic E-state index is 14.5. The smallest absolute Gasteiger partial charge is 0.368 e. The molecule has 202 valence electrons. The minimum absolute atomic E-state index is 0.0487. The quantitative estimate of drug-likeness (QED) is 0.276. The molecular formula is C31H26F3N5O. The number of rotatable bonds is 5. The fourth-order valence-electron chi connectivity index (χ4n) is 5.12. The molecule has 9 heteroatoms. The maximum Gasteiger partial charge on any atom is 0.417 e. The Morgan fingerprint density at radius 2 is 1.25 bits per heavy atom. The third-order valence-electron chi connectivity index (χ3n) is 7.04. The van der Waals surface area contributed by atoms with Gasteiger partial charge in [0.05, 0.1) is 10.9 Å². The second-order valence-corrected chi connectivity index (χ2v) is 9.59. The monoisotopic (exact) mass is 541 g/mol. The number of para-hydroxylation sites is 3. The molecule has 1 aliphatic heterocycles. The van der Waals surface area contributed by atoms with Gasteiger partial charge in [0.2, 0.25) is 0 Å². The van der Waals surface area contributed by atoms with Crippen molar-refractivity contribution in [1.29, 1.82) is 0 Å². The van der Waals surface area contributed by atoms with Crippen molar-refractivity contribution in [3.63, 3.8) is 0 Å². The molecule has 1 fully saturated rings. The van der Waals surface area contributed by atoms with E-state index in [1.165, 1.54) is 6.07 Å². The molecule has 0 amide bonds. The van der Waals surface area contributed by atoms with Crippen LogP contribution in [0.15, 0.2) is 108 Å². The van der Waals surface area contributed by atoms with E-state index in [1.807, 2.05) is 71.6 Å². The molecule has 1 aliphatic rings. The number of piperazine rings is 1. The zero-order valence-electron chi connectivity index (χ0n) is 21.5. The number of anilines is 4. The first-order chi connectivity index (χ1) is 19.4. The van der Waals surface area contributed by atoms with Gasteiger partial charge in [-0.3, -0.25) is 9.36 Å². The Labute approximate surface area is 228 Å². The van der Waals surface area contributed by atoms with Gasteiger partial charge in [-0.15, -0.1) is 0 Å². The molecule has 0 bridgehead atoms. The van der Waals surface area contributed by atoms with Crippen LogP contribution in [0.25, 0.3) is 16.7 Å². The van der Waals surface area contributed by atoms with Gasteiger partial charge >= 0.3 is 6.18 Å². The third kappa shape index (κ3) is 4.98. The Balaban J connectivity index is 1.51. The van der Waals surface area contributed by atoms with Crippen LogP contribution in [0.3, 0.4) is 0 Å². The molecule has 5 aromatic rings. The minimum Gasteiger partial charge on any atom is -0.368 e. The number of halogens is 3. The van der Waals surface area contributed by atoms with E-state index in [-0.39, 0.29) is 11.5 Å². The number of aromatic nitrogens is 2. The highest BCUT2D eigenvalue weighted by molar-refractivity contribution is 5.86. The zero-order valence-corrected chi connectivity index (χ0v) is 21.5. The Bertz CT molecular complexity index is 1680. The van der Waals surface area contributed by atoms with Crippen LogP contribution in [-0.4, -0.2) is 35.7 Å². The SMILES string of the molecule is O=c1cc(Nc2ccccc2)n(-c2ccccc2)c2nc(N3CCN(c4ccccc4)CC3)cc(C(F)(F)F)c12. The van der Waals surface area contributed by atoms with Crippen molar-refractivity contribution in [2.75, 3.05) is 41.3 Å². The molecule has 2 aromatic heterocycles. The van der Waals surface area contributed by atoms with Crippen LogP contribution < -0.4 is 20.5 Å². The van der Waals surface area contributed by atoms with Crippen molar-refractivity contribution in [2.45, 2.75) is 6.18 Å². The number of alkyl halides is 3. The van der Waals surface area contributed by atoms with Gasteiger partial charge in [0.15, 0.2) is 11.1 Å². The lowest BCUT2D eigenvalue weighted by Gasteiger charge is -2.37. The summed E-state index contributed by atoms with van der Waals surface area (Å²) in [5, 5.41) is 2.75. The van der Waals surface area contributed by atoms with E-state index in [0.29, 0.717) is 43.4 Å². The molecular weight excluding hydrogens is 515 g/mol. The lowest BCUT2D eigenvalue weighted by molar-refractivity contribution is -0.136. The maximum absolute atomic E-state index is 14.5. The minimum atomic E-state index is -4.75. The van der Waals surface area contributed by atoms with E-state index in [9.17, 15) is 18.0 Å². The number of pyridine rings is 2. The molecule has 0 aliphatic carbocycles. The second kappa shape index (κ2) is 10.4. The summed E-state index contributed by atoms with van der Waals surface area (Å²) < 4.78 is 45.1. The van der Waals surface area contributed by atoms with Gasteiger partial charge in [-0.05, 0) is 42.5 Å². The van der Waals surface area contributed by atoms with Crippen molar-refractivity contribution in [1.82, 2.24) is 9.55 Å². The van der Waals surface area contributed by atoms with Gasteiger partial charge in [0.25, 0.3) is 0 Å². The average Bonchev–Trinajstić information content (AvgIpc) is 2.98. The van der Waals surface area contributed by atoms with E-state index in [4.69, 9.17) is 4.98 Å². The number of nitrogens with one attached hydrogen (secondary N) is 1. The van der Waals surface area contributed by atoms with Crippen LogP contribution in [0.4, 0.5) is 36.2 Å². The number of hydrogen-bond donors (Lipinski definition) is 1. The van der Waals surface area contributed by atoms with E-state index in [1.54, 1.807) is 28.8 Å². The number of fused-ring (bicyclic) bond motifs is 1. The first kappa shape index (κ1) is 25.5. The molecule has 6 rings (SSSR count). The molecule has 0 saturated carbocycles. The normalized spacial score (nSPS) is 14.0. The van der Waals surface area contributed by atoms with Gasteiger partial charge in [-0.25, -0.2) is 4.98 Å². The Hall–Kier alpha value is -4.79. The second-order valence-electron chi connectivity index (χ2n) is 9.59. The highest BCUT2D eigenvalue weighted by Crippen LogP contribution is 2.37. The van der Waals surface area contributed by atoms with Crippen molar-refractivity contribution in [3.05, 3.63) is 119 Å². The topological polar surface area (TPSA) is 53.4 Å². The summed E-state index contributed by atoms with van der Waals surface area (Å²) in [7, 11) is 0. The van der Waals surface area contributed by atoms with E-state index in [0.717, 1.165) is 11.8 Å². The van der Waals surface area contributed by atoms with Gasteiger partial charge in [-0.1, -0.05) is 54.6 Å². The van der Waals surface area contributed by atoms with Gasteiger partial charge in [-0.2, -0.15) is 13.2 Å². The Morgan fingerprint density at radius 1 is 0.700 bits per heavy atom. The van der Waals surface area contributed by atoms with Crippen molar-refractivity contribution < 1.29 is 13.2 Å². The molecule has 1 N–H and O–H groups in total. The van der Waals surface area contributed by atoms with Crippen molar-refractivity contribution in [2.24, 2.45) is 0 Å². The number of benzene rings is 3. The molecule has 3 aromatic carbocycles. The van der Waals surface area contributed by atoms with Crippen LogP contribution in [0.2, 0.25) is 0 Å².